The topological polar surface area (TPSA) is 29.4 Å². The van der Waals surface area contributed by atoms with Crippen LogP contribution in [0, 0.1) is 5.92 Å². The Morgan fingerprint density at radius 1 is 1.00 bits per heavy atom. The molecule has 1 unspecified atom stereocenters. The van der Waals surface area contributed by atoms with E-state index in [0.717, 1.165) is 11.3 Å². The number of hydrogen-bond acceptors (Lipinski definition) is 1. The van der Waals surface area contributed by atoms with Crippen LogP contribution in [0.3, 0.4) is 0 Å². The van der Waals surface area contributed by atoms with E-state index in [1.807, 2.05) is 49.4 Å². The molecule has 0 radical (unpaired) electrons. The molecule has 1 atom stereocenters. The summed E-state index contributed by atoms with van der Waals surface area (Å²) in [6.45, 7) is 4.14. The molecule has 2 nitrogen and oxygen atoms in total. The van der Waals surface area contributed by atoms with E-state index >= 15 is 0 Å². The molecule has 1 aromatic rings. The normalized spacial score (nSPS) is 22.0. The molecule has 0 fully saturated rings. The Balaban J connectivity index is 2.04. The van der Waals surface area contributed by atoms with Gasteiger partial charge in [0.25, 0.3) is 5.91 Å². The molecule has 0 saturated heterocycles. The minimum absolute atomic E-state index is 0.122. The molecule has 2 heteroatoms. The average Bonchev–Trinajstić information content (AvgIpc) is 2.41. The van der Waals surface area contributed by atoms with Crippen LogP contribution in [0.4, 0.5) is 0 Å². The summed E-state index contributed by atoms with van der Waals surface area (Å²) in [6.07, 6.45) is 6.20. The van der Waals surface area contributed by atoms with Gasteiger partial charge in [-0.15, -0.1) is 0 Å². The molecule has 1 amide bonds. The number of amides is 1. The molecule has 19 heavy (non-hydrogen) atoms. The molecule has 1 aliphatic carbocycles. The van der Waals surface area contributed by atoms with Gasteiger partial charge in [0.15, 0.2) is 0 Å². The predicted molar refractivity (Wildman–Crippen MR) is 77.9 cm³/mol. The molecule has 3 rings (SSSR count). The van der Waals surface area contributed by atoms with Gasteiger partial charge in [-0.25, -0.2) is 4.99 Å². The first-order valence-electron chi connectivity index (χ1n) is 6.42. The number of aliphatic imine (C=N–C) groups is 1. The van der Waals surface area contributed by atoms with Crippen molar-refractivity contribution in [2.24, 2.45) is 10.9 Å². The van der Waals surface area contributed by atoms with Crippen molar-refractivity contribution in [1.82, 2.24) is 0 Å². The van der Waals surface area contributed by atoms with Gasteiger partial charge in [0.2, 0.25) is 0 Å². The third-order valence-electron chi connectivity index (χ3n) is 3.65. The first-order chi connectivity index (χ1) is 9.15. The van der Waals surface area contributed by atoms with Crippen molar-refractivity contribution in [2.45, 2.75) is 13.8 Å². The highest BCUT2D eigenvalue weighted by atomic mass is 16.1. The molecule has 1 aromatic carbocycles. The van der Waals surface area contributed by atoms with Gasteiger partial charge in [-0.05, 0) is 31.1 Å². The van der Waals surface area contributed by atoms with E-state index in [0.29, 0.717) is 5.57 Å². The number of benzene rings is 1. The minimum atomic E-state index is -0.144. The molecule has 1 aliphatic heterocycles. The van der Waals surface area contributed by atoms with Crippen molar-refractivity contribution in [3.05, 3.63) is 65.3 Å². The number of carbonyl (C=O) groups is 1. The molecule has 0 aromatic heterocycles. The molecule has 0 saturated carbocycles. The standard InChI is InChI=1S/C17H15NO/c1-11-8-14-10-15(13-6-4-3-5-7-13)17(19)18-16(14)9-12(11)2/h3-10,14H,1-2H3. The van der Waals surface area contributed by atoms with E-state index in [2.05, 4.69) is 18.0 Å². The number of fused-ring (bicyclic) bond motifs is 1. The summed E-state index contributed by atoms with van der Waals surface area (Å²) in [5, 5.41) is 0. The minimum Gasteiger partial charge on any atom is -0.267 e. The lowest BCUT2D eigenvalue weighted by atomic mass is 9.86. The zero-order valence-electron chi connectivity index (χ0n) is 11.1. The number of dihydropyridines is 1. The maximum atomic E-state index is 12.1. The van der Waals surface area contributed by atoms with E-state index in [1.54, 1.807) is 0 Å². The summed E-state index contributed by atoms with van der Waals surface area (Å²) in [5.41, 5.74) is 4.92. The quantitative estimate of drug-likeness (QED) is 0.748. The van der Waals surface area contributed by atoms with Crippen molar-refractivity contribution in [2.75, 3.05) is 0 Å². The largest absolute Gasteiger partial charge is 0.277 e. The fourth-order valence-corrected chi connectivity index (χ4v) is 2.42. The lowest BCUT2D eigenvalue weighted by Gasteiger charge is -2.22. The fraction of sp³-hybridized carbons (Fsp3) is 0.176. The average molecular weight is 249 g/mol. The summed E-state index contributed by atoms with van der Waals surface area (Å²) in [6, 6.07) is 9.72. The molecule has 2 aliphatic rings. The Labute approximate surface area is 112 Å². The second kappa shape index (κ2) is 4.47. The molecule has 0 bridgehead atoms. The maximum absolute atomic E-state index is 12.1. The van der Waals surface area contributed by atoms with Crippen LogP contribution in [0.15, 0.2) is 64.7 Å². The molecule has 0 spiro atoms. The molecular formula is C17H15NO. The highest BCUT2D eigenvalue weighted by Crippen LogP contribution is 2.29. The van der Waals surface area contributed by atoms with Gasteiger partial charge in [-0.1, -0.05) is 48.1 Å². The fourth-order valence-electron chi connectivity index (χ4n) is 2.42. The number of carbonyl (C=O) groups excluding carboxylic acids is 1. The summed E-state index contributed by atoms with van der Waals surface area (Å²) in [5.74, 6) is -0.0222. The van der Waals surface area contributed by atoms with Crippen LogP contribution in [0.25, 0.3) is 5.57 Å². The SMILES string of the molecule is CC1=CC2=NC(=O)C(c3ccccc3)=CC2C=C1C. The van der Waals surface area contributed by atoms with Crippen LogP contribution in [-0.4, -0.2) is 11.6 Å². The third-order valence-corrected chi connectivity index (χ3v) is 3.65. The lowest BCUT2D eigenvalue weighted by molar-refractivity contribution is -0.112. The van der Waals surface area contributed by atoms with Crippen molar-refractivity contribution < 1.29 is 4.79 Å². The summed E-state index contributed by atoms with van der Waals surface area (Å²) >= 11 is 0. The van der Waals surface area contributed by atoms with Crippen LogP contribution in [0.5, 0.6) is 0 Å². The zero-order valence-corrected chi connectivity index (χ0v) is 11.1. The van der Waals surface area contributed by atoms with Crippen LogP contribution < -0.4 is 0 Å². The van der Waals surface area contributed by atoms with Gasteiger partial charge in [-0.3, -0.25) is 4.79 Å². The van der Waals surface area contributed by atoms with E-state index in [9.17, 15) is 4.79 Å². The van der Waals surface area contributed by atoms with Gasteiger partial charge in [-0.2, -0.15) is 0 Å². The number of nitrogens with zero attached hydrogens (tertiary/aromatic N) is 1. The van der Waals surface area contributed by atoms with E-state index in [4.69, 9.17) is 0 Å². The van der Waals surface area contributed by atoms with Crippen LogP contribution in [0.2, 0.25) is 0 Å². The van der Waals surface area contributed by atoms with E-state index in [1.165, 1.54) is 11.1 Å². The number of allylic oxidation sites excluding steroid dienone is 5. The monoisotopic (exact) mass is 249 g/mol. The highest BCUT2D eigenvalue weighted by Gasteiger charge is 2.24. The van der Waals surface area contributed by atoms with Gasteiger partial charge >= 0.3 is 0 Å². The zero-order chi connectivity index (χ0) is 13.4. The van der Waals surface area contributed by atoms with Crippen LogP contribution in [0.1, 0.15) is 19.4 Å². The van der Waals surface area contributed by atoms with E-state index in [-0.39, 0.29) is 11.8 Å². The Bertz CT molecular complexity index is 660. The van der Waals surface area contributed by atoms with Gasteiger partial charge < -0.3 is 0 Å². The Hall–Kier alpha value is -2.22. The predicted octanol–water partition coefficient (Wildman–Crippen LogP) is 3.57. The third kappa shape index (κ3) is 2.10. The Kier molecular flexibility index (Phi) is 2.79. The van der Waals surface area contributed by atoms with Crippen LogP contribution in [-0.2, 0) is 4.79 Å². The van der Waals surface area contributed by atoms with Crippen molar-refractivity contribution in [3.8, 4) is 0 Å². The molecule has 0 N–H and O–H groups in total. The Morgan fingerprint density at radius 3 is 2.47 bits per heavy atom. The van der Waals surface area contributed by atoms with Crippen molar-refractivity contribution >= 4 is 17.2 Å². The van der Waals surface area contributed by atoms with Gasteiger partial charge in [0.05, 0.1) is 5.71 Å². The molecular weight excluding hydrogens is 234 g/mol. The maximum Gasteiger partial charge on any atom is 0.277 e. The summed E-state index contributed by atoms with van der Waals surface area (Å²) in [7, 11) is 0. The van der Waals surface area contributed by atoms with Crippen LogP contribution >= 0.6 is 0 Å². The van der Waals surface area contributed by atoms with E-state index < -0.39 is 0 Å². The molecule has 94 valence electrons. The summed E-state index contributed by atoms with van der Waals surface area (Å²) < 4.78 is 0. The number of hydrogen-bond donors (Lipinski definition) is 0. The summed E-state index contributed by atoms with van der Waals surface area (Å²) in [4.78, 5) is 16.4. The van der Waals surface area contributed by atoms with Crippen molar-refractivity contribution in [1.29, 1.82) is 0 Å². The van der Waals surface area contributed by atoms with Gasteiger partial charge in [0, 0.05) is 11.5 Å². The molecule has 1 heterocycles. The van der Waals surface area contributed by atoms with Gasteiger partial charge in [0.1, 0.15) is 0 Å². The second-order valence-electron chi connectivity index (χ2n) is 4.99. The highest BCUT2D eigenvalue weighted by molar-refractivity contribution is 6.27. The smallest absolute Gasteiger partial charge is 0.267 e. The lowest BCUT2D eigenvalue weighted by Crippen LogP contribution is -2.20. The first-order valence-corrected chi connectivity index (χ1v) is 6.42. The van der Waals surface area contributed by atoms with Crippen molar-refractivity contribution in [3.63, 3.8) is 0 Å². The Morgan fingerprint density at radius 2 is 1.74 bits per heavy atom. The second-order valence-corrected chi connectivity index (χ2v) is 4.99. The number of rotatable bonds is 1. The first kappa shape index (κ1) is 11.8.